The molecule has 0 saturated carbocycles. The van der Waals surface area contributed by atoms with E-state index in [0.29, 0.717) is 0 Å². The lowest BCUT2D eigenvalue weighted by Crippen LogP contribution is -2.32. The highest BCUT2D eigenvalue weighted by atomic mass is 32.2. The molecule has 0 bridgehead atoms. The monoisotopic (exact) mass is 603 g/mol. The number of benzene rings is 7. The topological polar surface area (TPSA) is 18.1 Å². The quantitative estimate of drug-likeness (QED) is 0.186. The number of fused-ring (bicyclic) bond motifs is 16. The summed E-state index contributed by atoms with van der Waals surface area (Å²) < 4.78 is 8.74. The first-order valence-electron chi connectivity index (χ1n) is 15.8. The number of para-hydroxylation sites is 2. The summed E-state index contributed by atoms with van der Waals surface area (Å²) in [6.07, 6.45) is 0. The van der Waals surface area contributed by atoms with E-state index in [9.17, 15) is 0 Å². The van der Waals surface area contributed by atoms with Gasteiger partial charge in [0, 0.05) is 37.0 Å². The van der Waals surface area contributed by atoms with Gasteiger partial charge in [-0.2, -0.15) is 0 Å². The molecule has 1 aliphatic carbocycles. The second kappa shape index (κ2) is 8.81. The van der Waals surface area contributed by atoms with Gasteiger partial charge in [-0.15, -0.1) is 0 Å². The molecular formula is C43H25NOS. The van der Waals surface area contributed by atoms with E-state index < -0.39 is 5.41 Å². The largest absolute Gasteiger partial charge is 0.456 e. The Morgan fingerprint density at radius 1 is 0.478 bits per heavy atom. The molecule has 0 radical (unpaired) electrons. The van der Waals surface area contributed by atoms with Crippen molar-refractivity contribution < 1.29 is 4.42 Å². The normalized spacial score (nSPS) is 14.2. The van der Waals surface area contributed by atoms with Crippen LogP contribution in [0.3, 0.4) is 0 Å². The van der Waals surface area contributed by atoms with E-state index >= 15 is 0 Å². The summed E-state index contributed by atoms with van der Waals surface area (Å²) in [5.41, 5.74) is 13.1. The molecule has 2 aromatic heterocycles. The van der Waals surface area contributed by atoms with E-state index in [1.807, 2.05) is 17.8 Å². The number of nitrogens with zero attached hydrogens (tertiary/aromatic N) is 1. The average Bonchev–Trinajstić information content (AvgIpc) is 3.75. The smallest absolute Gasteiger partial charge is 0.135 e. The maximum atomic E-state index is 6.25. The average molecular weight is 604 g/mol. The van der Waals surface area contributed by atoms with Crippen molar-refractivity contribution >= 4 is 55.5 Å². The molecule has 0 fully saturated rings. The zero-order chi connectivity index (χ0) is 30.0. The Bertz CT molecular complexity index is 2700. The molecule has 3 heterocycles. The highest BCUT2D eigenvalue weighted by Gasteiger charge is 2.50. The lowest BCUT2D eigenvalue weighted by molar-refractivity contribution is 0.669. The predicted molar refractivity (Wildman–Crippen MR) is 189 cm³/mol. The van der Waals surface area contributed by atoms with E-state index in [-0.39, 0.29) is 0 Å². The summed E-state index contributed by atoms with van der Waals surface area (Å²) in [6.45, 7) is 0. The van der Waals surface area contributed by atoms with E-state index in [2.05, 4.69) is 150 Å². The molecule has 1 spiro atoms. The molecule has 0 unspecified atom stereocenters. The Kier molecular flexibility index (Phi) is 4.74. The summed E-state index contributed by atoms with van der Waals surface area (Å²) in [6, 6.07) is 55.7. The van der Waals surface area contributed by atoms with Gasteiger partial charge in [0.15, 0.2) is 0 Å². The van der Waals surface area contributed by atoms with E-state index in [1.54, 1.807) is 0 Å². The van der Waals surface area contributed by atoms with E-state index in [4.69, 9.17) is 4.42 Å². The summed E-state index contributed by atoms with van der Waals surface area (Å²) in [5.74, 6) is 0. The van der Waals surface area contributed by atoms with Gasteiger partial charge in [0.1, 0.15) is 11.2 Å². The van der Waals surface area contributed by atoms with Gasteiger partial charge in [-0.25, -0.2) is 0 Å². The Balaban J connectivity index is 1.31. The molecule has 0 N–H and O–H groups in total. The van der Waals surface area contributed by atoms with Crippen LogP contribution in [0, 0.1) is 0 Å². The summed E-state index contributed by atoms with van der Waals surface area (Å²) in [5, 5.41) is 4.81. The standard InChI is InChI=1S/C43H25NOS/c1-5-15-33-27(11-1)28-12-2-6-16-34(28)43(33)35-17-7-10-20-40(35)46-42-36(43)23-22-31-29-13-3-8-18-37(29)44(41(31)42)26-21-24-39-32(25-26)30-14-4-9-19-38(30)45-39/h1-25H. The molecule has 11 rings (SSSR count). The lowest BCUT2D eigenvalue weighted by atomic mass is 9.67. The SMILES string of the molecule is c1ccc2c(c1)Sc1c(ccc3c4ccccc4n(-c4ccc5oc6ccccc6c5c4)c13)C21c2ccccc2-c2ccccc21. The maximum absolute atomic E-state index is 6.25. The van der Waals surface area contributed by atoms with Crippen molar-refractivity contribution in [3.63, 3.8) is 0 Å². The van der Waals surface area contributed by atoms with Crippen molar-refractivity contribution in [3.8, 4) is 16.8 Å². The van der Waals surface area contributed by atoms with E-state index in [0.717, 1.165) is 27.6 Å². The zero-order valence-electron chi connectivity index (χ0n) is 24.7. The Labute approximate surface area is 269 Å². The third-order valence-electron chi connectivity index (χ3n) is 10.3. The van der Waals surface area contributed by atoms with Gasteiger partial charge >= 0.3 is 0 Å². The fraction of sp³-hybridized carbons (Fsp3) is 0.0233. The molecule has 0 atom stereocenters. The molecule has 2 nitrogen and oxygen atoms in total. The molecule has 0 amide bonds. The van der Waals surface area contributed by atoms with Gasteiger partial charge in [-0.05, 0) is 69.8 Å². The fourth-order valence-electron chi connectivity index (χ4n) is 8.48. The number of rotatable bonds is 1. The van der Waals surface area contributed by atoms with Crippen LogP contribution in [0.2, 0.25) is 0 Å². The van der Waals surface area contributed by atoms with Gasteiger partial charge < -0.3 is 8.98 Å². The molecule has 46 heavy (non-hydrogen) atoms. The molecule has 2 aliphatic rings. The molecule has 1 aliphatic heterocycles. The first-order chi connectivity index (χ1) is 22.8. The summed E-state index contributed by atoms with van der Waals surface area (Å²) >= 11 is 1.91. The molecule has 214 valence electrons. The van der Waals surface area contributed by atoms with Crippen molar-refractivity contribution in [2.45, 2.75) is 15.2 Å². The number of hydrogen-bond acceptors (Lipinski definition) is 2. The van der Waals surface area contributed by atoms with Crippen molar-refractivity contribution in [1.29, 1.82) is 0 Å². The van der Waals surface area contributed by atoms with Gasteiger partial charge in [-0.1, -0.05) is 127 Å². The molecule has 3 heteroatoms. The Hall–Kier alpha value is -5.51. The molecular weight excluding hydrogens is 579 g/mol. The number of aromatic nitrogens is 1. The number of furan rings is 1. The fourth-order valence-corrected chi connectivity index (χ4v) is 9.81. The third kappa shape index (κ3) is 2.95. The highest BCUT2D eigenvalue weighted by Crippen LogP contribution is 2.63. The van der Waals surface area contributed by atoms with Crippen molar-refractivity contribution in [1.82, 2.24) is 4.57 Å². The number of hydrogen-bond donors (Lipinski definition) is 0. The van der Waals surface area contributed by atoms with Crippen molar-refractivity contribution in [3.05, 3.63) is 174 Å². The third-order valence-corrected chi connectivity index (χ3v) is 11.5. The lowest BCUT2D eigenvalue weighted by Gasteiger charge is -2.40. The van der Waals surface area contributed by atoms with Crippen LogP contribution in [-0.2, 0) is 5.41 Å². The van der Waals surface area contributed by atoms with Crippen LogP contribution >= 0.6 is 11.8 Å². The van der Waals surface area contributed by atoms with Crippen LogP contribution in [0.1, 0.15) is 22.3 Å². The van der Waals surface area contributed by atoms with Gasteiger partial charge in [0.2, 0.25) is 0 Å². The highest BCUT2D eigenvalue weighted by molar-refractivity contribution is 7.99. The minimum absolute atomic E-state index is 0.412. The van der Waals surface area contributed by atoms with Crippen LogP contribution in [0.25, 0.3) is 60.6 Å². The second-order valence-electron chi connectivity index (χ2n) is 12.4. The van der Waals surface area contributed by atoms with Crippen molar-refractivity contribution in [2.24, 2.45) is 0 Å². The van der Waals surface area contributed by atoms with Crippen molar-refractivity contribution in [2.75, 3.05) is 0 Å². The molecule has 9 aromatic rings. The maximum Gasteiger partial charge on any atom is 0.135 e. The van der Waals surface area contributed by atoms with Gasteiger partial charge in [0.25, 0.3) is 0 Å². The Morgan fingerprint density at radius 2 is 1.13 bits per heavy atom. The van der Waals surface area contributed by atoms with Crippen LogP contribution in [0.15, 0.2) is 166 Å². The first-order valence-corrected chi connectivity index (χ1v) is 16.6. The first kappa shape index (κ1) is 24.8. The minimum Gasteiger partial charge on any atom is -0.456 e. The van der Waals surface area contributed by atoms with E-state index in [1.165, 1.54) is 65.0 Å². The summed E-state index contributed by atoms with van der Waals surface area (Å²) in [7, 11) is 0. The second-order valence-corrected chi connectivity index (χ2v) is 13.5. The minimum atomic E-state index is -0.412. The van der Waals surface area contributed by atoms with Crippen LogP contribution < -0.4 is 0 Å². The van der Waals surface area contributed by atoms with Crippen LogP contribution in [0.4, 0.5) is 0 Å². The van der Waals surface area contributed by atoms with Gasteiger partial charge in [-0.3, -0.25) is 0 Å². The summed E-state index contributed by atoms with van der Waals surface area (Å²) in [4.78, 5) is 2.62. The van der Waals surface area contributed by atoms with Crippen LogP contribution in [0.5, 0.6) is 0 Å². The van der Waals surface area contributed by atoms with Gasteiger partial charge in [0.05, 0.1) is 16.4 Å². The molecule has 7 aromatic carbocycles. The van der Waals surface area contributed by atoms with Crippen LogP contribution in [-0.4, -0.2) is 4.57 Å². The Morgan fingerprint density at radius 3 is 1.96 bits per heavy atom. The molecule has 0 saturated heterocycles. The zero-order valence-corrected chi connectivity index (χ0v) is 25.5. The predicted octanol–water partition coefficient (Wildman–Crippen LogP) is 11.5.